The molecule has 1 fully saturated rings. The summed E-state index contributed by atoms with van der Waals surface area (Å²) in [6.45, 7) is 9.11. The van der Waals surface area contributed by atoms with Gasteiger partial charge in [-0.25, -0.2) is 0 Å². The largest absolute Gasteiger partial charge is 0.349 e. The molecule has 0 saturated carbocycles. The highest BCUT2D eigenvalue weighted by atomic mass is 35.5. The van der Waals surface area contributed by atoms with Crippen molar-refractivity contribution in [1.29, 1.82) is 0 Å². The van der Waals surface area contributed by atoms with E-state index in [-0.39, 0.29) is 17.9 Å². The van der Waals surface area contributed by atoms with E-state index in [1.54, 1.807) is 0 Å². The van der Waals surface area contributed by atoms with Crippen LogP contribution < -0.4 is 5.32 Å². The van der Waals surface area contributed by atoms with Crippen LogP contribution in [0, 0.1) is 19.8 Å². The SMILES string of the molecule is Cc1ccc(C)c(C(C)NC(=O)C2CCN(Cc3ccc(Cl)cc3)CC2)c1. The van der Waals surface area contributed by atoms with Gasteiger partial charge in [-0.15, -0.1) is 0 Å². The molecule has 144 valence electrons. The highest BCUT2D eigenvalue weighted by Gasteiger charge is 2.26. The lowest BCUT2D eigenvalue weighted by molar-refractivity contribution is -0.127. The molecule has 2 aromatic carbocycles. The van der Waals surface area contributed by atoms with Crippen molar-refractivity contribution in [3.05, 3.63) is 69.7 Å². The third-order valence-corrected chi connectivity index (χ3v) is 5.79. The Morgan fingerprint density at radius 1 is 1.15 bits per heavy atom. The Morgan fingerprint density at radius 2 is 1.81 bits per heavy atom. The average molecular weight is 385 g/mol. The van der Waals surface area contributed by atoms with E-state index in [0.717, 1.165) is 37.5 Å². The summed E-state index contributed by atoms with van der Waals surface area (Å²) in [5, 5.41) is 4.00. The van der Waals surface area contributed by atoms with Gasteiger partial charge in [0.25, 0.3) is 0 Å². The molecule has 0 bridgehead atoms. The zero-order chi connectivity index (χ0) is 19.4. The van der Waals surface area contributed by atoms with Crippen molar-refractivity contribution in [1.82, 2.24) is 10.2 Å². The van der Waals surface area contributed by atoms with Crippen LogP contribution in [0.25, 0.3) is 0 Å². The zero-order valence-electron chi connectivity index (χ0n) is 16.5. The Bertz CT molecular complexity index is 779. The van der Waals surface area contributed by atoms with Crippen molar-refractivity contribution < 1.29 is 4.79 Å². The summed E-state index contributed by atoms with van der Waals surface area (Å²) in [7, 11) is 0. The van der Waals surface area contributed by atoms with Crippen molar-refractivity contribution in [3.8, 4) is 0 Å². The number of likely N-dealkylation sites (tertiary alicyclic amines) is 1. The Kier molecular flexibility index (Phi) is 6.56. The van der Waals surface area contributed by atoms with E-state index in [9.17, 15) is 4.79 Å². The average Bonchev–Trinajstić information content (AvgIpc) is 2.66. The molecule has 3 rings (SSSR count). The van der Waals surface area contributed by atoms with Crippen molar-refractivity contribution in [2.45, 2.75) is 46.2 Å². The molecule has 1 N–H and O–H groups in total. The lowest BCUT2D eigenvalue weighted by Crippen LogP contribution is -2.41. The standard InChI is InChI=1S/C23H29ClN2O/c1-16-4-5-17(2)22(14-16)18(3)25-23(27)20-10-12-26(13-11-20)15-19-6-8-21(24)9-7-19/h4-9,14,18,20H,10-13,15H2,1-3H3,(H,25,27). The molecule has 0 aliphatic carbocycles. The van der Waals surface area contributed by atoms with Gasteiger partial charge in [-0.3, -0.25) is 9.69 Å². The fourth-order valence-electron chi connectivity index (χ4n) is 3.84. The minimum absolute atomic E-state index is 0.0458. The third-order valence-electron chi connectivity index (χ3n) is 5.54. The molecule has 4 heteroatoms. The van der Waals surface area contributed by atoms with Gasteiger partial charge >= 0.3 is 0 Å². The molecule has 1 aliphatic heterocycles. The number of halogens is 1. The van der Waals surface area contributed by atoms with Crippen LogP contribution in [0.3, 0.4) is 0 Å². The van der Waals surface area contributed by atoms with E-state index in [4.69, 9.17) is 11.6 Å². The second kappa shape index (κ2) is 8.90. The summed E-state index contributed by atoms with van der Waals surface area (Å²) in [5.74, 6) is 0.300. The summed E-state index contributed by atoms with van der Waals surface area (Å²) in [6, 6.07) is 14.5. The van der Waals surface area contributed by atoms with Crippen molar-refractivity contribution in [2.24, 2.45) is 5.92 Å². The molecule has 3 nitrogen and oxygen atoms in total. The second-order valence-electron chi connectivity index (χ2n) is 7.77. The van der Waals surface area contributed by atoms with Gasteiger partial charge in [0.05, 0.1) is 6.04 Å². The van der Waals surface area contributed by atoms with Crippen LogP contribution in [0.1, 0.15) is 48.1 Å². The summed E-state index contributed by atoms with van der Waals surface area (Å²) < 4.78 is 0. The molecule has 1 saturated heterocycles. The van der Waals surface area contributed by atoms with Gasteiger partial charge in [-0.1, -0.05) is 47.5 Å². The molecule has 1 heterocycles. The van der Waals surface area contributed by atoms with Crippen LogP contribution in [0.4, 0.5) is 0 Å². The number of carbonyl (C=O) groups is 1. The minimum atomic E-state index is 0.0458. The van der Waals surface area contributed by atoms with Gasteiger partial charge in [-0.05, 0) is 75.5 Å². The molecule has 1 amide bonds. The van der Waals surface area contributed by atoms with E-state index in [2.05, 4.69) is 61.3 Å². The summed E-state index contributed by atoms with van der Waals surface area (Å²) >= 11 is 5.95. The molecule has 2 aromatic rings. The fourth-order valence-corrected chi connectivity index (χ4v) is 3.96. The van der Waals surface area contributed by atoms with Gasteiger partial charge in [-0.2, -0.15) is 0 Å². The number of benzene rings is 2. The fraction of sp³-hybridized carbons (Fsp3) is 0.435. The zero-order valence-corrected chi connectivity index (χ0v) is 17.2. The van der Waals surface area contributed by atoms with E-state index in [1.807, 2.05) is 12.1 Å². The smallest absolute Gasteiger partial charge is 0.223 e. The van der Waals surface area contributed by atoms with Crippen LogP contribution in [0.2, 0.25) is 5.02 Å². The first-order chi connectivity index (χ1) is 12.9. The van der Waals surface area contributed by atoms with Gasteiger partial charge in [0.15, 0.2) is 0 Å². The maximum atomic E-state index is 12.7. The van der Waals surface area contributed by atoms with E-state index >= 15 is 0 Å². The molecule has 27 heavy (non-hydrogen) atoms. The molecule has 1 aliphatic rings. The van der Waals surface area contributed by atoms with Crippen molar-refractivity contribution in [2.75, 3.05) is 13.1 Å². The van der Waals surface area contributed by atoms with E-state index in [1.165, 1.54) is 22.3 Å². The topological polar surface area (TPSA) is 32.3 Å². The number of nitrogens with zero attached hydrogens (tertiary/aromatic N) is 1. The molecular weight excluding hydrogens is 356 g/mol. The maximum Gasteiger partial charge on any atom is 0.223 e. The van der Waals surface area contributed by atoms with Gasteiger partial charge in [0, 0.05) is 17.5 Å². The first-order valence-electron chi connectivity index (χ1n) is 9.76. The Balaban J connectivity index is 1.50. The second-order valence-corrected chi connectivity index (χ2v) is 8.20. The minimum Gasteiger partial charge on any atom is -0.349 e. The molecule has 1 unspecified atom stereocenters. The summed E-state index contributed by atoms with van der Waals surface area (Å²) in [4.78, 5) is 15.2. The first-order valence-corrected chi connectivity index (χ1v) is 10.1. The number of nitrogens with one attached hydrogen (secondary N) is 1. The number of hydrogen-bond acceptors (Lipinski definition) is 2. The molecular formula is C23H29ClN2O. The van der Waals surface area contributed by atoms with E-state index < -0.39 is 0 Å². The predicted octanol–water partition coefficient (Wildman–Crippen LogP) is 5.05. The molecule has 0 aromatic heterocycles. The number of amides is 1. The lowest BCUT2D eigenvalue weighted by Gasteiger charge is -2.32. The highest BCUT2D eigenvalue weighted by Crippen LogP contribution is 2.23. The van der Waals surface area contributed by atoms with Crippen LogP contribution in [-0.2, 0) is 11.3 Å². The monoisotopic (exact) mass is 384 g/mol. The number of carbonyl (C=O) groups excluding carboxylic acids is 1. The molecule has 0 spiro atoms. The highest BCUT2D eigenvalue weighted by molar-refractivity contribution is 6.30. The first kappa shape index (κ1) is 19.9. The van der Waals surface area contributed by atoms with Crippen LogP contribution in [0.15, 0.2) is 42.5 Å². The third kappa shape index (κ3) is 5.33. The molecule has 1 atom stereocenters. The van der Waals surface area contributed by atoms with Gasteiger partial charge < -0.3 is 5.32 Å². The number of rotatable bonds is 5. The van der Waals surface area contributed by atoms with Crippen LogP contribution >= 0.6 is 11.6 Å². The maximum absolute atomic E-state index is 12.7. The van der Waals surface area contributed by atoms with Crippen LogP contribution in [-0.4, -0.2) is 23.9 Å². The summed E-state index contributed by atoms with van der Waals surface area (Å²) in [5.41, 5.74) is 4.94. The predicted molar refractivity (Wildman–Crippen MR) is 112 cm³/mol. The molecule has 0 radical (unpaired) electrons. The quantitative estimate of drug-likeness (QED) is 0.782. The van der Waals surface area contributed by atoms with Gasteiger partial charge in [0.2, 0.25) is 5.91 Å². The Labute approximate surface area is 167 Å². The Hall–Kier alpha value is -1.84. The van der Waals surface area contributed by atoms with Gasteiger partial charge in [0.1, 0.15) is 0 Å². The number of hydrogen-bond donors (Lipinski definition) is 1. The summed E-state index contributed by atoms with van der Waals surface area (Å²) in [6.07, 6.45) is 1.83. The number of piperidine rings is 1. The van der Waals surface area contributed by atoms with Crippen LogP contribution in [0.5, 0.6) is 0 Å². The number of aryl methyl sites for hydroxylation is 2. The normalized spacial score (nSPS) is 16.9. The van der Waals surface area contributed by atoms with E-state index in [0.29, 0.717) is 0 Å². The Morgan fingerprint density at radius 3 is 2.48 bits per heavy atom. The van der Waals surface area contributed by atoms with Crippen molar-refractivity contribution in [3.63, 3.8) is 0 Å². The van der Waals surface area contributed by atoms with Crippen molar-refractivity contribution >= 4 is 17.5 Å². The lowest BCUT2D eigenvalue weighted by atomic mass is 9.94.